The number of nitrogens with zero attached hydrogens (tertiary/aromatic N) is 1. The van der Waals surface area contributed by atoms with Gasteiger partial charge in [-0.25, -0.2) is 29.9 Å². The maximum absolute atomic E-state index is 13.8. The molecule has 0 bridgehead atoms. The zero-order valence-corrected chi connectivity index (χ0v) is 16.4. The molecule has 1 aliphatic heterocycles. The van der Waals surface area contributed by atoms with Crippen molar-refractivity contribution >= 4 is 31.5 Å². The predicted molar refractivity (Wildman–Crippen MR) is 97.6 cm³/mol. The lowest BCUT2D eigenvalue weighted by Crippen LogP contribution is -2.33. The molecule has 0 radical (unpaired) electrons. The molecule has 0 amide bonds. The van der Waals surface area contributed by atoms with Crippen molar-refractivity contribution < 1.29 is 25.6 Å². The third-order valence-corrected chi connectivity index (χ3v) is 8.67. The molecule has 1 aliphatic rings. The first-order valence-electron chi connectivity index (χ1n) is 8.01. The lowest BCUT2D eigenvalue weighted by Gasteiger charge is -2.17. The molecule has 0 N–H and O–H groups in total. The van der Waals surface area contributed by atoms with Crippen LogP contribution in [0.5, 0.6) is 0 Å². The Bertz CT molecular complexity index is 1060. The molecule has 5 nitrogen and oxygen atoms in total. The van der Waals surface area contributed by atoms with E-state index in [-0.39, 0.29) is 30.0 Å². The van der Waals surface area contributed by atoms with Crippen molar-refractivity contribution in [2.75, 3.05) is 13.1 Å². The minimum Gasteiger partial charge on any atom is -0.223 e. The largest absolute Gasteiger partial charge is 0.223 e. The van der Waals surface area contributed by atoms with Crippen molar-refractivity contribution in [1.29, 1.82) is 0 Å². The Morgan fingerprint density at radius 3 is 2.37 bits per heavy atom. The van der Waals surface area contributed by atoms with Crippen LogP contribution in [-0.2, 0) is 25.6 Å². The minimum atomic E-state index is -3.99. The molecule has 1 saturated heterocycles. The fraction of sp³-hybridized carbons (Fsp3) is 0.294. The third kappa shape index (κ3) is 4.31. The van der Waals surface area contributed by atoms with Gasteiger partial charge in [-0.15, -0.1) is 0 Å². The second kappa shape index (κ2) is 7.46. The van der Waals surface area contributed by atoms with E-state index in [2.05, 4.69) is 0 Å². The molecule has 0 aromatic heterocycles. The average molecular weight is 436 g/mol. The molecular formula is C17H16ClF2NO4S2. The van der Waals surface area contributed by atoms with Crippen LogP contribution >= 0.6 is 11.6 Å². The molecule has 0 aliphatic carbocycles. The standard InChI is InChI=1S/C17H16ClF2NO4S2/c18-13-1-4-15(5-2-13)27(24,25)16-7-8-21(10-16)26(22,23)11-12-9-14(19)3-6-17(12)20/h1-6,9,16H,7-8,10-11H2. The molecule has 27 heavy (non-hydrogen) atoms. The average Bonchev–Trinajstić information content (AvgIpc) is 3.10. The first-order valence-corrected chi connectivity index (χ1v) is 11.5. The van der Waals surface area contributed by atoms with Gasteiger partial charge in [-0.3, -0.25) is 0 Å². The van der Waals surface area contributed by atoms with Crippen molar-refractivity contribution in [2.24, 2.45) is 0 Å². The SMILES string of the molecule is O=S(=O)(c1ccc(Cl)cc1)C1CCN(S(=O)(=O)Cc2cc(F)ccc2F)C1. The Hall–Kier alpha value is -1.55. The zero-order chi connectivity index (χ0) is 19.8. The number of rotatable bonds is 5. The maximum atomic E-state index is 13.8. The van der Waals surface area contributed by atoms with E-state index in [0.717, 1.165) is 22.5 Å². The highest BCUT2D eigenvalue weighted by Crippen LogP contribution is 2.28. The molecule has 2 aromatic rings. The van der Waals surface area contributed by atoms with Crippen LogP contribution in [0, 0.1) is 11.6 Å². The van der Waals surface area contributed by atoms with Gasteiger partial charge in [0.1, 0.15) is 11.6 Å². The number of benzene rings is 2. The molecule has 146 valence electrons. The van der Waals surface area contributed by atoms with Gasteiger partial charge in [0.15, 0.2) is 9.84 Å². The van der Waals surface area contributed by atoms with Crippen LogP contribution in [0.3, 0.4) is 0 Å². The van der Waals surface area contributed by atoms with Crippen LogP contribution in [0.25, 0.3) is 0 Å². The lowest BCUT2D eigenvalue weighted by atomic mass is 10.2. The monoisotopic (exact) mass is 435 g/mol. The van der Waals surface area contributed by atoms with E-state index in [1.54, 1.807) is 0 Å². The summed E-state index contributed by atoms with van der Waals surface area (Å²) in [5.74, 6) is -2.31. The van der Waals surface area contributed by atoms with Crippen molar-refractivity contribution in [2.45, 2.75) is 22.3 Å². The van der Waals surface area contributed by atoms with Gasteiger partial charge in [0.2, 0.25) is 10.0 Å². The molecule has 1 unspecified atom stereocenters. The quantitative estimate of drug-likeness (QED) is 0.723. The van der Waals surface area contributed by atoms with Gasteiger partial charge in [-0.1, -0.05) is 11.6 Å². The summed E-state index contributed by atoms with van der Waals surface area (Å²) in [6.07, 6.45) is 0.121. The highest BCUT2D eigenvalue weighted by Gasteiger charge is 2.39. The summed E-state index contributed by atoms with van der Waals surface area (Å²) in [5, 5.41) is -0.521. The predicted octanol–water partition coefficient (Wildman–Crippen LogP) is 3.00. The van der Waals surface area contributed by atoms with E-state index in [1.165, 1.54) is 24.3 Å². The van der Waals surface area contributed by atoms with Crippen LogP contribution in [0.15, 0.2) is 47.4 Å². The van der Waals surface area contributed by atoms with Crippen molar-refractivity contribution in [3.63, 3.8) is 0 Å². The van der Waals surface area contributed by atoms with Gasteiger partial charge in [0.05, 0.1) is 15.9 Å². The Morgan fingerprint density at radius 1 is 1.04 bits per heavy atom. The molecule has 3 rings (SSSR count). The van der Waals surface area contributed by atoms with Gasteiger partial charge >= 0.3 is 0 Å². The normalized spacial score (nSPS) is 18.7. The molecule has 10 heteroatoms. The summed E-state index contributed by atoms with van der Waals surface area (Å²) in [7, 11) is -7.73. The lowest BCUT2D eigenvalue weighted by molar-refractivity contribution is 0.474. The topological polar surface area (TPSA) is 71.5 Å². The Kier molecular flexibility index (Phi) is 5.58. The molecule has 1 fully saturated rings. The summed E-state index contributed by atoms with van der Waals surface area (Å²) in [6.45, 7) is -0.235. The van der Waals surface area contributed by atoms with Crippen LogP contribution in [0.1, 0.15) is 12.0 Å². The fourth-order valence-electron chi connectivity index (χ4n) is 2.96. The first kappa shape index (κ1) is 20.2. The molecular weight excluding hydrogens is 420 g/mol. The molecule has 0 spiro atoms. The summed E-state index contributed by atoms with van der Waals surface area (Å²) in [4.78, 5) is 0.0623. The van der Waals surface area contributed by atoms with E-state index in [9.17, 15) is 25.6 Å². The fourth-order valence-corrected chi connectivity index (χ4v) is 6.46. The highest BCUT2D eigenvalue weighted by molar-refractivity contribution is 7.92. The number of halogens is 3. The van der Waals surface area contributed by atoms with E-state index in [4.69, 9.17) is 11.6 Å². The van der Waals surface area contributed by atoms with Crippen molar-refractivity contribution in [1.82, 2.24) is 4.31 Å². The maximum Gasteiger partial charge on any atom is 0.218 e. The van der Waals surface area contributed by atoms with Crippen LogP contribution in [-0.4, -0.2) is 39.5 Å². The van der Waals surface area contributed by atoms with Gasteiger partial charge in [0, 0.05) is 23.7 Å². The van der Waals surface area contributed by atoms with E-state index in [1.807, 2.05) is 0 Å². The Morgan fingerprint density at radius 2 is 1.70 bits per heavy atom. The molecule has 1 heterocycles. The van der Waals surface area contributed by atoms with Crippen LogP contribution in [0.4, 0.5) is 8.78 Å². The Labute approximate surface area is 161 Å². The Balaban J connectivity index is 1.78. The first-order chi connectivity index (χ1) is 12.6. The molecule has 0 saturated carbocycles. The van der Waals surface area contributed by atoms with E-state index in [0.29, 0.717) is 5.02 Å². The number of sulfonamides is 1. The van der Waals surface area contributed by atoms with E-state index < -0.39 is 42.5 Å². The number of sulfone groups is 1. The van der Waals surface area contributed by atoms with Gasteiger partial charge < -0.3 is 0 Å². The number of hydrogen-bond donors (Lipinski definition) is 0. The van der Waals surface area contributed by atoms with Crippen molar-refractivity contribution in [3.05, 3.63) is 64.7 Å². The summed E-state index contributed by atoms with van der Waals surface area (Å²) in [5.41, 5.74) is -0.293. The smallest absolute Gasteiger partial charge is 0.218 e. The minimum absolute atomic E-state index is 0.00322. The zero-order valence-electron chi connectivity index (χ0n) is 14.0. The van der Waals surface area contributed by atoms with Crippen LogP contribution in [0.2, 0.25) is 5.02 Å². The summed E-state index contributed by atoms with van der Waals surface area (Å²) >= 11 is 5.77. The third-order valence-electron chi connectivity index (χ3n) is 4.43. The summed E-state index contributed by atoms with van der Waals surface area (Å²) < 4.78 is 78.5. The second-order valence-corrected chi connectivity index (χ2v) is 10.9. The molecule has 1 atom stereocenters. The van der Waals surface area contributed by atoms with Crippen molar-refractivity contribution in [3.8, 4) is 0 Å². The highest BCUT2D eigenvalue weighted by atomic mass is 35.5. The summed E-state index contributed by atoms with van der Waals surface area (Å²) in [6, 6.07) is 8.22. The van der Waals surface area contributed by atoms with E-state index >= 15 is 0 Å². The van der Waals surface area contributed by atoms with Gasteiger partial charge in [0.25, 0.3) is 0 Å². The van der Waals surface area contributed by atoms with Gasteiger partial charge in [-0.2, -0.15) is 0 Å². The van der Waals surface area contributed by atoms with Gasteiger partial charge in [-0.05, 0) is 48.9 Å². The van der Waals surface area contributed by atoms with Crippen LogP contribution < -0.4 is 0 Å². The molecule has 2 aromatic carbocycles. The second-order valence-electron chi connectivity index (χ2n) is 6.26. The number of hydrogen-bond acceptors (Lipinski definition) is 4.